The largest absolute Gasteiger partial charge is 0.497 e. The molecule has 0 saturated carbocycles. The third-order valence-electron chi connectivity index (χ3n) is 2.75. The summed E-state index contributed by atoms with van der Waals surface area (Å²) in [5.74, 6) is 0.298. The van der Waals surface area contributed by atoms with Gasteiger partial charge in [-0.3, -0.25) is 0 Å². The van der Waals surface area contributed by atoms with Crippen LogP contribution in [-0.2, 0) is 0 Å². The fourth-order valence-corrected chi connectivity index (χ4v) is 2.71. The highest BCUT2D eigenvalue weighted by Gasteiger charge is 2.18. The fraction of sp³-hybridized carbons (Fsp3) is 0.286. The molecule has 0 fully saturated rings. The summed E-state index contributed by atoms with van der Waals surface area (Å²) < 4.78 is 19.1. The van der Waals surface area contributed by atoms with Gasteiger partial charge in [-0.25, -0.2) is 4.39 Å². The summed E-state index contributed by atoms with van der Waals surface area (Å²) in [5.41, 5.74) is 0.653. The minimum absolute atomic E-state index is 0.0964. The summed E-state index contributed by atoms with van der Waals surface area (Å²) >= 11 is 1.62. The number of hydrogen-bond donors (Lipinski definition) is 1. The third-order valence-corrected chi connectivity index (χ3v) is 3.69. The zero-order valence-corrected chi connectivity index (χ0v) is 11.3. The molecular weight excluding hydrogens is 249 g/mol. The normalized spacial score (nSPS) is 12.4. The van der Waals surface area contributed by atoms with Crippen molar-refractivity contribution in [3.05, 3.63) is 52.0 Å². The highest BCUT2D eigenvalue weighted by atomic mass is 32.1. The van der Waals surface area contributed by atoms with E-state index in [1.54, 1.807) is 23.5 Å². The van der Waals surface area contributed by atoms with E-state index in [2.05, 4.69) is 5.32 Å². The number of hydrogen-bond acceptors (Lipinski definition) is 3. The third kappa shape index (κ3) is 2.71. The van der Waals surface area contributed by atoms with Gasteiger partial charge in [0.05, 0.1) is 13.2 Å². The lowest BCUT2D eigenvalue weighted by atomic mass is 10.0. The maximum absolute atomic E-state index is 14.1. The van der Waals surface area contributed by atoms with Crippen LogP contribution in [-0.4, -0.2) is 13.7 Å². The Morgan fingerprint density at radius 3 is 2.78 bits per heavy atom. The number of thiophene rings is 1. The second-order valence-electron chi connectivity index (χ2n) is 3.89. The van der Waals surface area contributed by atoms with Crippen molar-refractivity contribution in [2.45, 2.75) is 13.0 Å². The number of methoxy groups -OCH3 is 1. The first-order valence-corrected chi connectivity index (χ1v) is 6.74. The lowest BCUT2D eigenvalue weighted by Gasteiger charge is -2.18. The van der Waals surface area contributed by atoms with Gasteiger partial charge in [-0.15, -0.1) is 11.3 Å². The maximum Gasteiger partial charge on any atom is 0.132 e. The van der Waals surface area contributed by atoms with Gasteiger partial charge in [-0.05, 0) is 24.1 Å². The van der Waals surface area contributed by atoms with Crippen molar-refractivity contribution in [2.75, 3.05) is 13.7 Å². The van der Waals surface area contributed by atoms with Crippen molar-refractivity contribution in [2.24, 2.45) is 0 Å². The van der Waals surface area contributed by atoms with Crippen LogP contribution in [0.25, 0.3) is 0 Å². The molecule has 4 heteroatoms. The highest BCUT2D eigenvalue weighted by Crippen LogP contribution is 2.29. The van der Waals surface area contributed by atoms with Crippen molar-refractivity contribution in [3.8, 4) is 5.75 Å². The Labute approximate surface area is 110 Å². The SMILES string of the molecule is CCNC(c1cccs1)c1ccc(OC)cc1F. The van der Waals surface area contributed by atoms with Gasteiger partial charge in [-0.1, -0.05) is 19.1 Å². The van der Waals surface area contributed by atoms with Crippen LogP contribution >= 0.6 is 11.3 Å². The van der Waals surface area contributed by atoms with Crippen LogP contribution in [0.4, 0.5) is 4.39 Å². The topological polar surface area (TPSA) is 21.3 Å². The second kappa shape index (κ2) is 5.98. The molecule has 18 heavy (non-hydrogen) atoms. The van der Waals surface area contributed by atoms with E-state index in [9.17, 15) is 4.39 Å². The Morgan fingerprint density at radius 1 is 1.39 bits per heavy atom. The molecule has 0 aliphatic carbocycles. The average molecular weight is 265 g/mol. The predicted molar refractivity (Wildman–Crippen MR) is 72.8 cm³/mol. The molecule has 0 bridgehead atoms. The van der Waals surface area contributed by atoms with E-state index in [4.69, 9.17) is 4.74 Å². The predicted octanol–water partition coefficient (Wildman–Crippen LogP) is 3.59. The monoisotopic (exact) mass is 265 g/mol. The van der Waals surface area contributed by atoms with Crippen LogP contribution < -0.4 is 10.1 Å². The Bertz CT molecular complexity index is 499. The number of nitrogens with one attached hydrogen (secondary N) is 1. The van der Waals surface area contributed by atoms with E-state index in [0.29, 0.717) is 11.3 Å². The molecule has 1 aromatic carbocycles. The number of rotatable bonds is 5. The van der Waals surface area contributed by atoms with E-state index in [0.717, 1.165) is 11.4 Å². The maximum atomic E-state index is 14.1. The summed E-state index contributed by atoms with van der Waals surface area (Å²) in [7, 11) is 1.54. The molecule has 1 unspecified atom stereocenters. The zero-order chi connectivity index (χ0) is 13.0. The molecule has 0 amide bonds. The van der Waals surface area contributed by atoms with Crippen molar-refractivity contribution >= 4 is 11.3 Å². The van der Waals surface area contributed by atoms with Crippen LogP contribution in [0, 0.1) is 5.82 Å². The molecule has 2 rings (SSSR count). The van der Waals surface area contributed by atoms with Crippen molar-refractivity contribution < 1.29 is 9.13 Å². The van der Waals surface area contributed by atoms with Gasteiger partial charge >= 0.3 is 0 Å². The van der Waals surface area contributed by atoms with Crippen molar-refractivity contribution in [3.63, 3.8) is 0 Å². The van der Waals surface area contributed by atoms with E-state index in [-0.39, 0.29) is 11.9 Å². The first kappa shape index (κ1) is 13.1. The fourth-order valence-electron chi connectivity index (χ4n) is 1.89. The summed E-state index contributed by atoms with van der Waals surface area (Å²) in [4.78, 5) is 1.11. The lowest BCUT2D eigenvalue weighted by molar-refractivity contribution is 0.410. The van der Waals surface area contributed by atoms with E-state index >= 15 is 0 Å². The smallest absolute Gasteiger partial charge is 0.132 e. The van der Waals surface area contributed by atoms with Gasteiger partial charge in [0.1, 0.15) is 11.6 Å². The summed E-state index contributed by atoms with van der Waals surface area (Å²) in [5, 5.41) is 5.31. The molecule has 0 saturated heterocycles. The summed E-state index contributed by atoms with van der Waals surface area (Å²) in [6.45, 7) is 2.80. The molecule has 1 aromatic heterocycles. The first-order chi connectivity index (χ1) is 8.76. The van der Waals surface area contributed by atoms with Gasteiger partial charge < -0.3 is 10.1 Å². The zero-order valence-electron chi connectivity index (χ0n) is 10.4. The summed E-state index contributed by atoms with van der Waals surface area (Å²) in [6, 6.07) is 8.89. The van der Waals surface area contributed by atoms with Gasteiger partial charge in [0, 0.05) is 16.5 Å². The minimum atomic E-state index is -0.242. The minimum Gasteiger partial charge on any atom is -0.497 e. The van der Waals surface area contributed by atoms with Crippen molar-refractivity contribution in [1.29, 1.82) is 0 Å². The standard InChI is InChI=1S/C14H16FNOS/c1-3-16-14(13-5-4-8-18-13)11-7-6-10(17-2)9-12(11)15/h4-9,14,16H,3H2,1-2H3. The second-order valence-corrected chi connectivity index (χ2v) is 4.87. The van der Waals surface area contributed by atoms with Crippen LogP contribution in [0.2, 0.25) is 0 Å². The Kier molecular flexibility index (Phi) is 4.33. The molecule has 0 aliphatic rings. The van der Waals surface area contributed by atoms with Gasteiger partial charge in [0.25, 0.3) is 0 Å². The molecule has 1 N–H and O–H groups in total. The quantitative estimate of drug-likeness (QED) is 0.892. The molecular formula is C14H16FNOS. The summed E-state index contributed by atoms with van der Waals surface area (Å²) in [6.07, 6.45) is 0. The van der Waals surface area contributed by atoms with Crippen LogP contribution in [0.5, 0.6) is 5.75 Å². The highest BCUT2D eigenvalue weighted by molar-refractivity contribution is 7.10. The first-order valence-electron chi connectivity index (χ1n) is 5.86. The molecule has 2 nitrogen and oxygen atoms in total. The van der Waals surface area contributed by atoms with E-state index in [1.807, 2.05) is 24.4 Å². The molecule has 0 aliphatic heterocycles. The van der Waals surface area contributed by atoms with Gasteiger partial charge in [0.15, 0.2) is 0 Å². The van der Waals surface area contributed by atoms with E-state index in [1.165, 1.54) is 13.2 Å². The molecule has 0 radical (unpaired) electrons. The number of benzene rings is 1. The van der Waals surface area contributed by atoms with Gasteiger partial charge in [-0.2, -0.15) is 0 Å². The molecule has 0 spiro atoms. The Morgan fingerprint density at radius 2 is 2.22 bits per heavy atom. The molecule has 1 heterocycles. The molecule has 96 valence electrons. The van der Waals surface area contributed by atoms with Crippen molar-refractivity contribution in [1.82, 2.24) is 5.32 Å². The van der Waals surface area contributed by atoms with Gasteiger partial charge in [0.2, 0.25) is 0 Å². The van der Waals surface area contributed by atoms with Crippen LogP contribution in [0.15, 0.2) is 35.7 Å². The van der Waals surface area contributed by atoms with E-state index < -0.39 is 0 Å². The van der Waals surface area contributed by atoms with Crippen LogP contribution in [0.3, 0.4) is 0 Å². The Balaban J connectivity index is 2.37. The Hall–Kier alpha value is -1.39. The number of ether oxygens (including phenoxy) is 1. The van der Waals surface area contributed by atoms with Crippen LogP contribution in [0.1, 0.15) is 23.4 Å². The number of halogens is 1. The average Bonchev–Trinajstić information content (AvgIpc) is 2.90. The molecule has 2 aromatic rings. The molecule has 1 atom stereocenters. The lowest BCUT2D eigenvalue weighted by Crippen LogP contribution is -2.22.